The summed E-state index contributed by atoms with van der Waals surface area (Å²) in [6.07, 6.45) is 2.36. The van der Waals surface area contributed by atoms with Crippen molar-refractivity contribution >= 4 is 5.97 Å². The van der Waals surface area contributed by atoms with Gasteiger partial charge in [-0.25, -0.2) is 4.79 Å². The lowest BCUT2D eigenvalue weighted by molar-refractivity contribution is 0.0657. The summed E-state index contributed by atoms with van der Waals surface area (Å²) in [4.78, 5) is 13.0. The molecule has 0 saturated carbocycles. The Morgan fingerprint density at radius 2 is 2.47 bits per heavy atom. The van der Waals surface area contributed by atoms with E-state index in [9.17, 15) is 4.79 Å². The van der Waals surface area contributed by atoms with Gasteiger partial charge in [0.25, 0.3) is 0 Å². The van der Waals surface area contributed by atoms with Crippen LogP contribution in [0.1, 0.15) is 29.2 Å². The van der Waals surface area contributed by atoms with Crippen molar-refractivity contribution < 1.29 is 14.3 Å². The van der Waals surface area contributed by atoms with Crippen LogP contribution in [0, 0.1) is 0 Å². The van der Waals surface area contributed by atoms with Crippen LogP contribution in [-0.2, 0) is 6.54 Å². The van der Waals surface area contributed by atoms with Crippen molar-refractivity contribution in [3.8, 4) is 0 Å². The third-order valence-electron chi connectivity index (χ3n) is 3.17. The maximum atomic E-state index is 10.7. The van der Waals surface area contributed by atoms with Gasteiger partial charge in [0, 0.05) is 12.6 Å². The minimum atomic E-state index is -1.01. The topological polar surface area (TPSA) is 65.7 Å². The molecule has 1 saturated heterocycles. The second kappa shape index (κ2) is 5.33. The van der Waals surface area contributed by atoms with Crippen LogP contribution in [0.5, 0.6) is 0 Å². The lowest BCUT2D eigenvalue weighted by atomic mass is 10.1. The van der Waals surface area contributed by atoms with Gasteiger partial charge in [-0.3, -0.25) is 4.90 Å². The highest BCUT2D eigenvalue weighted by molar-refractivity contribution is 5.84. The Labute approximate surface area is 100 Å². The normalized spacial score (nSPS) is 21.6. The lowest BCUT2D eigenvalue weighted by Crippen LogP contribution is -2.43. The molecule has 5 nitrogen and oxygen atoms in total. The zero-order valence-electron chi connectivity index (χ0n) is 9.98. The Hall–Kier alpha value is -1.33. The van der Waals surface area contributed by atoms with Crippen LogP contribution >= 0.6 is 0 Å². The van der Waals surface area contributed by atoms with Crippen molar-refractivity contribution in [1.29, 1.82) is 0 Å². The third kappa shape index (κ3) is 3.08. The zero-order valence-corrected chi connectivity index (χ0v) is 9.98. The molecular formula is C12H18N2O3. The van der Waals surface area contributed by atoms with Crippen molar-refractivity contribution in [2.75, 3.05) is 20.1 Å². The van der Waals surface area contributed by atoms with E-state index in [0.717, 1.165) is 25.3 Å². The number of nitrogens with one attached hydrogen (secondary N) is 1. The monoisotopic (exact) mass is 238 g/mol. The molecule has 1 aliphatic heterocycles. The van der Waals surface area contributed by atoms with E-state index in [4.69, 9.17) is 9.52 Å². The maximum absolute atomic E-state index is 10.7. The van der Waals surface area contributed by atoms with Gasteiger partial charge < -0.3 is 14.8 Å². The predicted octanol–water partition coefficient (Wildman–Crippen LogP) is 1.16. The number of nitrogens with zero attached hydrogens (tertiary/aromatic N) is 1. The molecule has 2 heterocycles. The second-order valence-corrected chi connectivity index (χ2v) is 4.43. The fourth-order valence-corrected chi connectivity index (χ4v) is 2.23. The van der Waals surface area contributed by atoms with E-state index in [1.807, 2.05) is 7.05 Å². The minimum Gasteiger partial charge on any atom is -0.475 e. The van der Waals surface area contributed by atoms with Gasteiger partial charge in [0.1, 0.15) is 5.76 Å². The molecule has 94 valence electrons. The smallest absolute Gasteiger partial charge is 0.371 e. The van der Waals surface area contributed by atoms with Crippen LogP contribution in [-0.4, -0.2) is 42.2 Å². The van der Waals surface area contributed by atoms with Crippen molar-refractivity contribution in [2.45, 2.75) is 25.4 Å². The summed E-state index contributed by atoms with van der Waals surface area (Å²) >= 11 is 0. The standard InChI is InChI=1S/C12H18N2O3/c1-13-9-3-2-6-14(7-9)8-10-4-5-11(17-10)12(15)16/h4-5,9,13H,2-3,6-8H2,1H3,(H,15,16). The Bertz CT molecular complexity index is 389. The number of aromatic carboxylic acids is 1. The SMILES string of the molecule is CNC1CCCN(Cc2ccc(C(=O)O)o2)C1. The number of carbonyl (C=O) groups is 1. The number of furan rings is 1. The number of hydrogen-bond donors (Lipinski definition) is 2. The minimum absolute atomic E-state index is 0.0159. The van der Waals surface area contributed by atoms with Crippen molar-refractivity contribution in [2.24, 2.45) is 0 Å². The van der Waals surface area contributed by atoms with Gasteiger partial charge in [0.05, 0.1) is 6.54 Å². The molecule has 0 spiro atoms. The molecule has 17 heavy (non-hydrogen) atoms. The van der Waals surface area contributed by atoms with Crippen LogP contribution in [0.25, 0.3) is 0 Å². The highest BCUT2D eigenvalue weighted by Gasteiger charge is 2.19. The molecule has 5 heteroatoms. The van der Waals surface area contributed by atoms with Crippen LogP contribution < -0.4 is 5.32 Å². The van der Waals surface area contributed by atoms with E-state index in [0.29, 0.717) is 12.6 Å². The molecular weight excluding hydrogens is 220 g/mol. The van der Waals surface area contributed by atoms with E-state index in [1.165, 1.54) is 12.5 Å². The van der Waals surface area contributed by atoms with Crippen LogP contribution in [0.15, 0.2) is 16.5 Å². The summed E-state index contributed by atoms with van der Waals surface area (Å²) in [5.74, 6) is -0.274. The van der Waals surface area contributed by atoms with Gasteiger partial charge in [-0.1, -0.05) is 0 Å². The number of likely N-dealkylation sites (tertiary alicyclic amines) is 1. The summed E-state index contributed by atoms with van der Waals surface area (Å²) in [5, 5.41) is 12.0. The van der Waals surface area contributed by atoms with Gasteiger partial charge in [0.2, 0.25) is 5.76 Å². The third-order valence-corrected chi connectivity index (χ3v) is 3.17. The second-order valence-electron chi connectivity index (χ2n) is 4.43. The lowest BCUT2D eigenvalue weighted by Gasteiger charge is -2.31. The Balaban J connectivity index is 1.93. The summed E-state index contributed by atoms with van der Waals surface area (Å²) in [6.45, 7) is 2.71. The number of carboxylic acids is 1. The molecule has 0 amide bonds. The van der Waals surface area contributed by atoms with E-state index in [1.54, 1.807) is 6.07 Å². The molecule has 0 aliphatic carbocycles. The summed E-state index contributed by atoms with van der Waals surface area (Å²) in [7, 11) is 1.98. The molecule has 1 fully saturated rings. The summed E-state index contributed by atoms with van der Waals surface area (Å²) < 4.78 is 5.26. The molecule has 0 radical (unpaired) electrons. The van der Waals surface area contributed by atoms with Crippen molar-refractivity contribution in [1.82, 2.24) is 10.2 Å². The Morgan fingerprint density at radius 1 is 1.65 bits per heavy atom. The molecule has 0 bridgehead atoms. The highest BCUT2D eigenvalue weighted by atomic mass is 16.4. The molecule has 1 aromatic rings. The first-order valence-electron chi connectivity index (χ1n) is 5.90. The first-order chi connectivity index (χ1) is 8.19. The Kier molecular flexibility index (Phi) is 3.81. The molecule has 2 N–H and O–H groups in total. The van der Waals surface area contributed by atoms with E-state index < -0.39 is 5.97 Å². The van der Waals surface area contributed by atoms with Gasteiger partial charge in [-0.15, -0.1) is 0 Å². The number of hydrogen-bond acceptors (Lipinski definition) is 4. The number of carboxylic acid groups (broad SMARTS) is 1. The molecule has 2 rings (SSSR count). The van der Waals surface area contributed by atoms with E-state index in [-0.39, 0.29) is 5.76 Å². The average molecular weight is 238 g/mol. The predicted molar refractivity (Wildman–Crippen MR) is 63.0 cm³/mol. The first kappa shape index (κ1) is 12.1. The molecule has 1 atom stereocenters. The van der Waals surface area contributed by atoms with Gasteiger partial charge in [-0.05, 0) is 38.6 Å². The van der Waals surface area contributed by atoms with Crippen molar-refractivity contribution in [3.63, 3.8) is 0 Å². The summed E-state index contributed by atoms with van der Waals surface area (Å²) in [5.41, 5.74) is 0. The molecule has 1 unspecified atom stereocenters. The largest absolute Gasteiger partial charge is 0.475 e. The number of likely N-dealkylation sites (N-methyl/N-ethyl adjacent to an activating group) is 1. The van der Waals surface area contributed by atoms with E-state index in [2.05, 4.69) is 10.2 Å². The van der Waals surface area contributed by atoms with Gasteiger partial charge in [0.15, 0.2) is 0 Å². The molecule has 1 aliphatic rings. The summed E-state index contributed by atoms with van der Waals surface area (Å²) in [6, 6.07) is 3.78. The number of piperidine rings is 1. The van der Waals surface area contributed by atoms with Crippen molar-refractivity contribution in [3.05, 3.63) is 23.7 Å². The quantitative estimate of drug-likeness (QED) is 0.824. The van der Waals surface area contributed by atoms with E-state index >= 15 is 0 Å². The Morgan fingerprint density at radius 3 is 3.12 bits per heavy atom. The number of rotatable bonds is 4. The molecule has 1 aromatic heterocycles. The van der Waals surface area contributed by atoms with Gasteiger partial charge >= 0.3 is 5.97 Å². The highest BCUT2D eigenvalue weighted by Crippen LogP contribution is 2.15. The van der Waals surface area contributed by atoms with Crippen LogP contribution in [0.3, 0.4) is 0 Å². The fourth-order valence-electron chi connectivity index (χ4n) is 2.23. The zero-order chi connectivity index (χ0) is 12.3. The van der Waals surface area contributed by atoms with Crippen LogP contribution in [0.4, 0.5) is 0 Å². The van der Waals surface area contributed by atoms with Gasteiger partial charge in [-0.2, -0.15) is 0 Å². The fraction of sp³-hybridized carbons (Fsp3) is 0.583. The average Bonchev–Trinajstić information content (AvgIpc) is 2.78. The maximum Gasteiger partial charge on any atom is 0.371 e. The van der Waals surface area contributed by atoms with Crippen LogP contribution in [0.2, 0.25) is 0 Å². The molecule has 0 aromatic carbocycles. The first-order valence-corrected chi connectivity index (χ1v) is 5.90.